The van der Waals surface area contributed by atoms with Gasteiger partial charge in [0, 0.05) is 5.56 Å². The number of hydrogen-bond donors (Lipinski definition) is 1. The van der Waals surface area contributed by atoms with E-state index < -0.39 is 6.10 Å². The lowest BCUT2D eigenvalue weighted by molar-refractivity contribution is 0.193. The molecule has 0 spiro atoms. The van der Waals surface area contributed by atoms with Gasteiger partial charge in [0.25, 0.3) is 0 Å². The Bertz CT molecular complexity index is 346. The largest absolute Gasteiger partial charge is 0.495 e. The highest BCUT2D eigenvalue weighted by molar-refractivity contribution is 9.10. The topological polar surface area (TPSA) is 29.5 Å². The Balaban J connectivity index is 3.47. The molecular weight excluding hydrogens is 244 g/mol. The number of methoxy groups -OCH3 is 1. The summed E-state index contributed by atoms with van der Waals surface area (Å²) in [5, 5.41) is 9.63. The molecule has 0 radical (unpaired) electrons. The molecule has 0 fully saturated rings. The van der Waals surface area contributed by atoms with E-state index in [0.29, 0.717) is 0 Å². The van der Waals surface area contributed by atoms with E-state index in [9.17, 15) is 5.11 Å². The summed E-state index contributed by atoms with van der Waals surface area (Å²) in [6, 6.07) is 2.04. The number of benzene rings is 1. The number of ether oxygens (including phenoxy) is 1. The molecule has 1 aromatic carbocycles. The summed E-state index contributed by atoms with van der Waals surface area (Å²) >= 11 is 3.46. The van der Waals surface area contributed by atoms with Crippen LogP contribution in [0, 0.1) is 13.8 Å². The summed E-state index contributed by atoms with van der Waals surface area (Å²) in [6.45, 7) is 5.72. The first-order chi connectivity index (χ1) is 6.49. The Morgan fingerprint density at radius 3 is 2.36 bits per heavy atom. The van der Waals surface area contributed by atoms with E-state index in [1.54, 1.807) is 14.0 Å². The van der Waals surface area contributed by atoms with Crippen LogP contribution in [0.5, 0.6) is 5.75 Å². The van der Waals surface area contributed by atoms with Gasteiger partial charge in [-0.15, -0.1) is 0 Å². The van der Waals surface area contributed by atoms with Crippen molar-refractivity contribution >= 4 is 15.9 Å². The van der Waals surface area contributed by atoms with Gasteiger partial charge in [-0.05, 0) is 47.8 Å². The van der Waals surface area contributed by atoms with E-state index in [0.717, 1.165) is 26.9 Å². The van der Waals surface area contributed by atoms with E-state index in [1.807, 2.05) is 19.9 Å². The molecule has 0 aliphatic carbocycles. The van der Waals surface area contributed by atoms with Crippen molar-refractivity contribution in [3.8, 4) is 5.75 Å². The van der Waals surface area contributed by atoms with Crippen molar-refractivity contribution in [2.75, 3.05) is 7.11 Å². The summed E-state index contributed by atoms with van der Waals surface area (Å²) in [6.07, 6.45) is -0.512. The van der Waals surface area contributed by atoms with Gasteiger partial charge in [0.15, 0.2) is 0 Å². The number of aryl methyl sites for hydroxylation is 2. The summed E-state index contributed by atoms with van der Waals surface area (Å²) < 4.78 is 6.21. The van der Waals surface area contributed by atoms with Crippen LogP contribution in [0.15, 0.2) is 10.5 Å². The van der Waals surface area contributed by atoms with Gasteiger partial charge >= 0.3 is 0 Å². The van der Waals surface area contributed by atoms with Crippen LogP contribution in [-0.2, 0) is 0 Å². The number of aliphatic hydroxyl groups excluding tert-OH is 1. The summed E-state index contributed by atoms with van der Waals surface area (Å²) in [7, 11) is 1.62. The molecule has 0 heterocycles. The van der Waals surface area contributed by atoms with Crippen LogP contribution in [0.2, 0.25) is 0 Å². The molecular formula is C11H15BrO2. The van der Waals surface area contributed by atoms with E-state index in [4.69, 9.17) is 4.74 Å². The molecule has 3 heteroatoms. The minimum absolute atomic E-state index is 0.512. The van der Waals surface area contributed by atoms with Gasteiger partial charge in [0.2, 0.25) is 0 Å². The first kappa shape index (κ1) is 11.5. The zero-order valence-corrected chi connectivity index (χ0v) is 10.5. The Hall–Kier alpha value is -0.540. The van der Waals surface area contributed by atoms with Crippen molar-refractivity contribution in [2.45, 2.75) is 26.9 Å². The average Bonchev–Trinajstić information content (AvgIpc) is 2.09. The van der Waals surface area contributed by atoms with Gasteiger partial charge in [-0.1, -0.05) is 6.07 Å². The molecule has 0 saturated heterocycles. The normalized spacial score (nSPS) is 12.7. The maximum absolute atomic E-state index is 9.63. The minimum Gasteiger partial charge on any atom is -0.495 e. The molecule has 0 saturated carbocycles. The van der Waals surface area contributed by atoms with E-state index in [1.165, 1.54) is 0 Å². The molecule has 1 atom stereocenters. The Morgan fingerprint density at radius 1 is 1.36 bits per heavy atom. The molecule has 0 amide bonds. The third-order valence-corrected chi connectivity index (χ3v) is 3.26. The van der Waals surface area contributed by atoms with Crippen LogP contribution in [0.3, 0.4) is 0 Å². The molecule has 1 aromatic rings. The predicted molar refractivity (Wildman–Crippen MR) is 60.8 cm³/mol. The molecule has 1 rings (SSSR count). The lowest BCUT2D eigenvalue weighted by atomic mass is 10.0. The van der Waals surface area contributed by atoms with Gasteiger partial charge in [0.05, 0.1) is 17.7 Å². The van der Waals surface area contributed by atoms with Gasteiger partial charge in [-0.25, -0.2) is 0 Å². The maximum Gasteiger partial charge on any atom is 0.139 e. The SMILES string of the molecule is COc1c(Br)c(C)cc(C)c1C(C)O. The summed E-state index contributed by atoms with van der Waals surface area (Å²) in [5.74, 6) is 0.734. The first-order valence-electron chi connectivity index (χ1n) is 4.50. The Labute approximate surface area is 93.0 Å². The number of aliphatic hydroxyl groups is 1. The fourth-order valence-corrected chi connectivity index (χ4v) is 2.15. The maximum atomic E-state index is 9.63. The average molecular weight is 259 g/mol. The molecule has 14 heavy (non-hydrogen) atoms. The zero-order valence-electron chi connectivity index (χ0n) is 8.89. The molecule has 0 bridgehead atoms. The van der Waals surface area contributed by atoms with Crippen LogP contribution < -0.4 is 4.74 Å². The van der Waals surface area contributed by atoms with Crippen LogP contribution in [0.1, 0.15) is 29.7 Å². The second kappa shape index (κ2) is 4.32. The van der Waals surface area contributed by atoms with Crippen LogP contribution in [-0.4, -0.2) is 12.2 Å². The standard InChI is InChI=1S/C11H15BrO2/c1-6-5-7(2)10(12)11(14-4)9(6)8(3)13/h5,8,13H,1-4H3. The van der Waals surface area contributed by atoms with Gasteiger partial charge in [-0.3, -0.25) is 0 Å². The van der Waals surface area contributed by atoms with E-state index >= 15 is 0 Å². The fourth-order valence-electron chi connectivity index (χ4n) is 1.66. The molecule has 0 aliphatic heterocycles. The molecule has 0 aliphatic rings. The quantitative estimate of drug-likeness (QED) is 0.884. The zero-order chi connectivity index (χ0) is 10.9. The summed E-state index contributed by atoms with van der Waals surface area (Å²) in [4.78, 5) is 0. The fraction of sp³-hybridized carbons (Fsp3) is 0.455. The molecule has 78 valence electrons. The van der Waals surface area contributed by atoms with Gasteiger partial charge in [0.1, 0.15) is 5.75 Å². The van der Waals surface area contributed by atoms with Crippen molar-refractivity contribution in [1.82, 2.24) is 0 Å². The Kier molecular flexibility index (Phi) is 3.56. The van der Waals surface area contributed by atoms with Crippen LogP contribution in [0.4, 0.5) is 0 Å². The Morgan fingerprint density at radius 2 is 1.93 bits per heavy atom. The third kappa shape index (κ3) is 1.93. The second-order valence-corrected chi connectivity index (χ2v) is 4.24. The van der Waals surface area contributed by atoms with E-state index in [2.05, 4.69) is 15.9 Å². The highest BCUT2D eigenvalue weighted by Gasteiger charge is 2.16. The molecule has 1 unspecified atom stereocenters. The number of hydrogen-bond acceptors (Lipinski definition) is 2. The third-order valence-electron chi connectivity index (χ3n) is 2.27. The van der Waals surface area contributed by atoms with Crippen molar-refractivity contribution in [1.29, 1.82) is 0 Å². The van der Waals surface area contributed by atoms with Crippen molar-refractivity contribution in [2.24, 2.45) is 0 Å². The number of rotatable bonds is 2. The highest BCUT2D eigenvalue weighted by atomic mass is 79.9. The molecule has 0 aromatic heterocycles. The summed E-state index contributed by atoms with van der Waals surface area (Å²) in [5.41, 5.74) is 3.02. The van der Waals surface area contributed by atoms with Crippen LogP contribution >= 0.6 is 15.9 Å². The molecule has 2 nitrogen and oxygen atoms in total. The lowest BCUT2D eigenvalue weighted by Crippen LogP contribution is -2.01. The van der Waals surface area contributed by atoms with Crippen LogP contribution in [0.25, 0.3) is 0 Å². The second-order valence-electron chi connectivity index (χ2n) is 3.45. The van der Waals surface area contributed by atoms with Crippen molar-refractivity contribution in [3.63, 3.8) is 0 Å². The first-order valence-corrected chi connectivity index (χ1v) is 5.30. The van der Waals surface area contributed by atoms with Gasteiger partial charge in [-0.2, -0.15) is 0 Å². The van der Waals surface area contributed by atoms with Crippen molar-refractivity contribution < 1.29 is 9.84 Å². The smallest absolute Gasteiger partial charge is 0.139 e. The lowest BCUT2D eigenvalue weighted by Gasteiger charge is -2.17. The van der Waals surface area contributed by atoms with E-state index in [-0.39, 0.29) is 0 Å². The van der Waals surface area contributed by atoms with Crippen molar-refractivity contribution in [3.05, 3.63) is 27.2 Å². The number of halogens is 1. The predicted octanol–water partition coefficient (Wildman–Crippen LogP) is 3.13. The van der Waals surface area contributed by atoms with Gasteiger partial charge < -0.3 is 9.84 Å². The molecule has 1 N–H and O–H groups in total. The highest BCUT2D eigenvalue weighted by Crippen LogP contribution is 2.37. The monoisotopic (exact) mass is 258 g/mol. The minimum atomic E-state index is -0.512.